The van der Waals surface area contributed by atoms with Crippen molar-refractivity contribution in [1.82, 2.24) is 9.62 Å². The van der Waals surface area contributed by atoms with Crippen LogP contribution in [0.4, 0.5) is 4.79 Å². The van der Waals surface area contributed by atoms with Crippen LogP contribution < -0.4 is 10.1 Å². The number of rotatable bonds is 7. The fourth-order valence-electron chi connectivity index (χ4n) is 4.17. The highest BCUT2D eigenvalue weighted by Gasteiger charge is 2.39. The van der Waals surface area contributed by atoms with E-state index in [1.807, 2.05) is 37.3 Å². The fourth-order valence-corrected chi connectivity index (χ4v) is 6.04. The number of carbonyl (C=O) groups excluding carboxylic acids is 1. The zero-order valence-electron chi connectivity index (χ0n) is 20.3. The minimum absolute atomic E-state index is 0.131. The average molecular weight is 491 g/mol. The van der Waals surface area contributed by atoms with E-state index in [0.29, 0.717) is 17.7 Å². The van der Waals surface area contributed by atoms with E-state index < -0.39 is 33.9 Å². The van der Waals surface area contributed by atoms with Gasteiger partial charge in [-0.25, -0.2) is 13.2 Å². The SMILES string of the molecule is COc1cccc2c1C(C)CN(C[C@@H](O)[C@H](Cc1ccccc1)NC(=O)OC(C)(C)C)S2(=O)=O. The van der Waals surface area contributed by atoms with Crippen molar-refractivity contribution in [2.24, 2.45) is 0 Å². The second kappa shape index (κ2) is 10.3. The molecule has 3 atom stereocenters. The zero-order valence-corrected chi connectivity index (χ0v) is 21.1. The Morgan fingerprint density at radius 2 is 1.85 bits per heavy atom. The van der Waals surface area contributed by atoms with Gasteiger partial charge in [-0.3, -0.25) is 0 Å². The topological polar surface area (TPSA) is 105 Å². The van der Waals surface area contributed by atoms with E-state index >= 15 is 0 Å². The van der Waals surface area contributed by atoms with Crippen molar-refractivity contribution in [2.45, 2.75) is 62.7 Å². The lowest BCUT2D eigenvalue weighted by atomic mass is 9.98. The number of nitrogens with zero attached hydrogens (tertiary/aromatic N) is 1. The van der Waals surface area contributed by atoms with Crippen LogP contribution in [0.25, 0.3) is 0 Å². The normalized spacial score (nSPS) is 19.5. The Morgan fingerprint density at radius 3 is 2.47 bits per heavy atom. The van der Waals surface area contributed by atoms with Gasteiger partial charge in [0.25, 0.3) is 0 Å². The maximum absolute atomic E-state index is 13.4. The van der Waals surface area contributed by atoms with Gasteiger partial charge in [-0.1, -0.05) is 43.3 Å². The van der Waals surface area contributed by atoms with Crippen LogP contribution in [0.1, 0.15) is 44.7 Å². The molecule has 1 unspecified atom stereocenters. The van der Waals surface area contributed by atoms with Crippen LogP contribution in [0.2, 0.25) is 0 Å². The molecule has 3 rings (SSSR count). The highest BCUT2D eigenvalue weighted by Crippen LogP contribution is 2.39. The second-order valence-corrected chi connectivity index (χ2v) is 11.5. The van der Waals surface area contributed by atoms with Gasteiger partial charge in [-0.05, 0) is 50.8 Å². The van der Waals surface area contributed by atoms with Gasteiger partial charge in [0.1, 0.15) is 11.4 Å². The number of sulfonamides is 1. The lowest BCUT2D eigenvalue weighted by Crippen LogP contribution is -2.52. The summed E-state index contributed by atoms with van der Waals surface area (Å²) >= 11 is 0. The van der Waals surface area contributed by atoms with Gasteiger partial charge in [0.15, 0.2) is 0 Å². The molecule has 9 heteroatoms. The molecule has 1 aliphatic rings. The number of nitrogens with one attached hydrogen (secondary N) is 1. The Morgan fingerprint density at radius 1 is 1.18 bits per heavy atom. The van der Waals surface area contributed by atoms with Gasteiger partial charge in [-0.2, -0.15) is 4.31 Å². The van der Waals surface area contributed by atoms with Crippen molar-refractivity contribution in [1.29, 1.82) is 0 Å². The van der Waals surface area contributed by atoms with Gasteiger partial charge in [0.2, 0.25) is 10.0 Å². The molecule has 0 bridgehead atoms. The van der Waals surface area contributed by atoms with Crippen LogP contribution in [0, 0.1) is 0 Å². The van der Waals surface area contributed by atoms with Crippen LogP contribution in [-0.2, 0) is 21.2 Å². The smallest absolute Gasteiger partial charge is 0.407 e. The number of carbonyl (C=O) groups is 1. The first-order chi connectivity index (χ1) is 15.9. The number of β-amino-alcohol motifs (C(OH)–C–C–N with tert-alkyl or cyclic N) is 1. The molecule has 0 fully saturated rings. The molecule has 1 heterocycles. The van der Waals surface area contributed by atoms with E-state index in [1.165, 1.54) is 11.4 Å². The van der Waals surface area contributed by atoms with Gasteiger partial charge >= 0.3 is 6.09 Å². The standard InChI is InChI=1S/C25H34N2O6S/c1-17-15-27(34(30,31)22-13-9-12-21(32-5)23(17)22)16-20(28)19(14-18-10-7-6-8-11-18)26-24(29)33-25(2,3)4/h6-13,17,19-20,28H,14-16H2,1-5H3,(H,26,29)/t17?,19-,20+/m0/s1. The van der Waals surface area contributed by atoms with Gasteiger partial charge in [-0.15, -0.1) is 0 Å². The monoisotopic (exact) mass is 490 g/mol. The van der Waals surface area contributed by atoms with Crippen LogP contribution >= 0.6 is 0 Å². The van der Waals surface area contributed by atoms with Crippen molar-refractivity contribution in [3.8, 4) is 5.75 Å². The predicted octanol–water partition coefficient (Wildman–Crippen LogP) is 3.30. The number of methoxy groups -OCH3 is 1. The van der Waals surface area contributed by atoms with Crippen molar-refractivity contribution >= 4 is 16.1 Å². The third kappa shape index (κ3) is 6.08. The Hall–Kier alpha value is -2.62. The molecule has 2 N–H and O–H groups in total. The molecule has 0 aliphatic carbocycles. The van der Waals surface area contributed by atoms with Crippen molar-refractivity contribution < 1.29 is 27.8 Å². The largest absolute Gasteiger partial charge is 0.496 e. The number of aliphatic hydroxyl groups excluding tert-OH is 1. The molecule has 0 aromatic heterocycles. The Balaban J connectivity index is 1.84. The van der Waals surface area contributed by atoms with Crippen LogP contribution in [-0.4, -0.2) is 61.9 Å². The summed E-state index contributed by atoms with van der Waals surface area (Å²) in [5, 5.41) is 13.9. The number of aliphatic hydroxyl groups is 1. The number of fused-ring (bicyclic) bond motifs is 1. The van der Waals surface area contributed by atoms with E-state index in [2.05, 4.69) is 5.32 Å². The lowest BCUT2D eigenvalue weighted by molar-refractivity contribution is 0.0400. The fraction of sp³-hybridized carbons (Fsp3) is 0.480. The second-order valence-electron chi connectivity index (χ2n) is 9.60. The van der Waals surface area contributed by atoms with E-state index in [0.717, 1.165) is 5.56 Å². The summed E-state index contributed by atoms with van der Waals surface area (Å²) in [6.45, 7) is 7.21. The highest BCUT2D eigenvalue weighted by atomic mass is 32.2. The number of hydrogen-bond acceptors (Lipinski definition) is 6. The summed E-state index contributed by atoms with van der Waals surface area (Å²) in [5.74, 6) is 0.399. The molecular formula is C25H34N2O6S. The minimum Gasteiger partial charge on any atom is -0.496 e. The Bertz CT molecular complexity index is 1100. The van der Waals surface area contributed by atoms with Gasteiger partial charge in [0, 0.05) is 18.7 Å². The molecule has 2 aromatic carbocycles. The summed E-state index contributed by atoms with van der Waals surface area (Å²) in [6, 6.07) is 13.6. The lowest BCUT2D eigenvalue weighted by Gasteiger charge is -2.36. The molecule has 2 aromatic rings. The molecular weight excluding hydrogens is 456 g/mol. The summed E-state index contributed by atoms with van der Waals surface area (Å²) in [5.41, 5.74) is 0.830. The molecule has 0 spiro atoms. The molecule has 0 saturated heterocycles. The number of amides is 1. The molecule has 0 saturated carbocycles. The third-order valence-electron chi connectivity index (χ3n) is 5.69. The third-order valence-corrected chi connectivity index (χ3v) is 7.58. The molecule has 1 amide bonds. The summed E-state index contributed by atoms with van der Waals surface area (Å²) in [6.07, 6.45) is -1.52. The Kier molecular flexibility index (Phi) is 7.90. The van der Waals surface area contributed by atoms with Crippen molar-refractivity contribution in [3.05, 3.63) is 59.7 Å². The van der Waals surface area contributed by atoms with Crippen molar-refractivity contribution in [3.63, 3.8) is 0 Å². The summed E-state index contributed by atoms with van der Waals surface area (Å²) in [7, 11) is -2.34. The summed E-state index contributed by atoms with van der Waals surface area (Å²) < 4.78 is 38.8. The summed E-state index contributed by atoms with van der Waals surface area (Å²) in [4.78, 5) is 12.7. The predicted molar refractivity (Wildman–Crippen MR) is 129 cm³/mol. The number of alkyl carbamates (subject to hydrolysis) is 1. The average Bonchev–Trinajstić information content (AvgIpc) is 2.76. The highest BCUT2D eigenvalue weighted by molar-refractivity contribution is 7.89. The van der Waals surface area contributed by atoms with Crippen LogP contribution in [0.15, 0.2) is 53.4 Å². The van der Waals surface area contributed by atoms with E-state index in [1.54, 1.807) is 39.0 Å². The molecule has 8 nitrogen and oxygen atoms in total. The number of ether oxygens (including phenoxy) is 2. The Labute approximate surface area is 201 Å². The molecule has 186 valence electrons. The van der Waals surface area contributed by atoms with Crippen LogP contribution in [0.5, 0.6) is 5.75 Å². The first kappa shape index (κ1) is 26.0. The molecule has 1 aliphatic heterocycles. The number of benzene rings is 2. The maximum Gasteiger partial charge on any atom is 0.407 e. The van der Waals surface area contributed by atoms with Gasteiger partial charge < -0.3 is 19.9 Å². The zero-order chi connectivity index (χ0) is 25.1. The first-order valence-electron chi connectivity index (χ1n) is 11.3. The molecule has 0 radical (unpaired) electrons. The van der Waals surface area contributed by atoms with Crippen LogP contribution in [0.3, 0.4) is 0 Å². The van der Waals surface area contributed by atoms with E-state index in [-0.39, 0.29) is 23.9 Å². The molecule has 34 heavy (non-hydrogen) atoms. The number of hydrogen-bond donors (Lipinski definition) is 2. The van der Waals surface area contributed by atoms with E-state index in [9.17, 15) is 18.3 Å². The van der Waals surface area contributed by atoms with Gasteiger partial charge in [0.05, 0.1) is 24.2 Å². The van der Waals surface area contributed by atoms with Crippen molar-refractivity contribution in [2.75, 3.05) is 20.2 Å². The maximum atomic E-state index is 13.4. The quantitative estimate of drug-likeness (QED) is 0.617. The minimum atomic E-state index is -3.86. The first-order valence-corrected chi connectivity index (χ1v) is 12.7. The van der Waals surface area contributed by atoms with E-state index in [4.69, 9.17) is 9.47 Å².